The normalized spacial score (nSPS) is 14.4. The third-order valence-corrected chi connectivity index (χ3v) is 3.33. The second-order valence-corrected chi connectivity index (χ2v) is 5.50. The quantitative estimate of drug-likeness (QED) is 0.306. The molecule has 4 heteroatoms. The first-order valence-electron chi connectivity index (χ1n) is 6.77. The highest BCUT2D eigenvalue weighted by molar-refractivity contribution is 5.87. The maximum atomic E-state index is 8.93. The second-order valence-electron chi connectivity index (χ2n) is 5.50. The Labute approximate surface area is 115 Å². The van der Waals surface area contributed by atoms with Crippen LogP contribution >= 0.6 is 0 Å². The molecule has 1 unspecified atom stereocenters. The summed E-state index contributed by atoms with van der Waals surface area (Å²) in [6.07, 6.45) is 2.21. The van der Waals surface area contributed by atoms with Gasteiger partial charge in [0.1, 0.15) is 5.84 Å². The molecule has 0 aliphatic carbocycles. The summed E-state index contributed by atoms with van der Waals surface area (Å²) in [5.41, 5.74) is 6.92. The number of nitrogens with two attached hydrogens (primary N) is 1. The van der Waals surface area contributed by atoms with E-state index >= 15 is 0 Å². The maximum absolute atomic E-state index is 8.93. The molecule has 0 heterocycles. The molecule has 0 fully saturated rings. The monoisotopic (exact) mass is 263 g/mol. The molecule has 0 bridgehead atoms. The van der Waals surface area contributed by atoms with E-state index < -0.39 is 0 Å². The largest absolute Gasteiger partial charge is 0.409 e. The third kappa shape index (κ3) is 4.91. The van der Waals surface area contributed by atoms with Crippen LogP contribution in [-0.2, 0) is 0 Å². The van der Waals surface area contributed by atoms with Crippen molar-refractivity contribution in [1.29, 1.82) is 0 Å². The number of rotatable bonds is 7. The number of hydrogen-bond donors (Lipinski definition) is 3. The molecule has 0 aliphatic heterocycles. The zero-order chi connectivity index (χ0) is 14.3. The fourth-order valence-electron chi connectivity index (χ4n) is 2.24. The van der Waals surface area contributed by atoms with Crippen molar-refractivity contribution in [2.45, 2.75) is 45.1 Å². The number of nitrogens with one attached hydrogen (secondary N) is 1. The Balaban J connectivity index is 2.78. The van der Waals surface area contributed by atoms with Crippen LogP contribution in [0.15, 0.2) is 35.5 Å². The van der Waals surface area contributed by atoms with Gasteiger partial charge in [-0.1, -0.05) is 48.8 Å². The Morgan fingerprint density at radius 3 is 2.53 bits per heavy atom. The highest BCUT2D eigenvalue weighted by Gasteiger charge is 2.21. The van der Waals surface area contributed by atoms with Crippen LogP contribution in [0, 0.1) is 0 Å². The molecule has 0 radical (unpaired) electrons. The van der Waals surface area contributed by atoms with Gasteiger partial charge in [-0.15, -0.1) is 0 Å². The summed E-state index contributed by atoms with van der Waals surface area (Å²) in [4.78, 5) is 0. The Morgan fingerprint density at radius 1 is 1.37 bits per heavy atom. The average molecular weight is 263 g/mol. The number of amidine groups is 1. The average Bonchev–Trinajstić information content (AvgIpc) is 2.39. The molecule has 0 saturated carbocycles. The highest BCUT2D eigenvalue weighted by Crippen LogP contribution is 2.18. The first-order chi connectivity index (χ1) is 9.00. The van der Waals surface area contributed by atoms with Crippen molar-refractivity contribution in [3.8, 4) is 0 Å². The van der Waals surface area contributed by atoms with Crippen molar-refractivity contribution < 1.29 is 5.21 Å². The molecule has 4 nitrogen and oxygen atoms in total. The van der Waals surface area contributed by atoms with Gasteiger partial charge in [-0.05, 0) is 25.8 Å². The van der Waals surface area contributed by atoms with Crippen LogP contribution in [-0.4, -0.2) is 23.1 Å². The molecular formula is C15H25N3O. The molecule has 4 N–H and O–H groups in total. The molecule has 0 amide bonds. The Bertz CT molecular complexity index is 401. The van der Waals surface area contributed by atoms with Gasteiger partial charge < -0.3 is 16.3 Å². The van der Waals surface area contributed by atoms with Crippen molar-refractivity contribution in [2.24, 2.45) is 10.9 Å². The number of nitrogens with zero attached hydrogens (tertiary/aromatic N) is 1. The Hall–Kier alpha value is -1.55. The van der Waals surface area contributed by atoms with Crippen molar-refractivity contribution in [2.75, 3.05) is 6.54 Å². The van der Waals surface area contributed by atoms with Crippen LogP contribution in [0.2, 0.25) is 0 Å². The first kappa shape index (κ1) is 15.5. The minimum absolute atomic E-state index is 0.0531. The van der Waals surface area contributed by atoms with E-state index in [9.17, 15) is 0 Å². The molecule has 0 aromatic heterocycles. The smallest absolute Gasteiger partial charge is 0.147 e. The van der Waals surface area contributed by atoms with E-state index in [4.69, 9.17) is 10.9 Å². The summed E-state index contributed by atoms with van der Waals surface area (Å²) in [6.45, 7) is 7.17. The lowest BCUT2D eigenvalue weighted by Gasteiger charge is -2.28. The summed E-state index contributed by atoms with van der Waals surface area (Å²) in [6, 6.07) is 9.88. The van der Waals surface area contributed by atoms with Crippen molar-refractivity contribution in [3.05, 3.63) is 35.9 Å². The molecule has 1 rings (SSSR count). The van der Waals surface area contributed by atoms with Crippen LogP contribution in [0.25, 0.3) is 0 Å². The van der Waals surface area contributed by atoms with Crippen LogP contribution < -0.4 is 11.1 Å². The first-order valence-corrected chi connectivity index (χ1v) is 6.77. The summed E-state index contributed by atoms with van der Waals surface area (Å²) >= 11 is 0. The minimum atomic E-state index is -0.109. The van der Waals surface area contributed by atoms with Gasteiger partial charge in [0.15, 0.2) is 0 Å². The summed E-state index contributed by atoms with van der Waals surface area (Å²) in [5.74, 6) is 0.133. The number of oxime groups is 1. The maximum Gasteiger partial charge on any atom is 0.147 e. The molecule has 1 aromatic rings. The standard InChI is InChI=1S/C15H25N3O/c1-4-10-15(2,3)17-11-13(14(16)18-19)12-8-6-5-7-9-12/h5-9,13,17,19H,4,10-11H2,1-3H3,(H2,16,18). The van der Waals surface area contributed by atoms with Gasteiger partial charge in [0.2, 0.25) is 0 Å². The van der Waals surface area contributed by atoms with E-state index in [1.54, 1.807) is 0 Å². The Kier molecular flexibility index (Phi) is 5.83. The summed E-state index contributed by atoms with van der Waals surface area (Å²) < 4.78 is 0. The number of benzene rings is 1. The summed E-state index contributed by atoms with van der Waals surface area (Å²) in [5, 5.41) is 15.6. The van der Waals surface area contributed by atoms with E-state index in [-0.39, 0.29) is 17.3 Å². The van der Waals surface area contributed by atoms with Gasteiger partial charge in [-0.25, -0.2) is 0 Å². The fourth-order valence-corrected chi connectivity index (χ4v) is 2.24. The van der Waals surface area contributed by atoms with E-state index in [0.29, 0.717) is 6.54 Å². The van der Waals surface area contributed by atoms with E-state index in [1.807, 2.05) is 30.3 Å². The summed E-state index contributed by atoms with van der Waals surface area (Å²) in [7, 11) is 0. The van der Waals surface area contributed by atoms with Gasteiger partial charge in [-0.3, -0.25) is 0 Å². The van der Waals surface area contributed by atoms with Crippen molar-refractivity contribution in [3.63, 3.8) is 0 Å². The molecule has 0 aliphatic rings. The van der Waals surface area contributed by atoms with Gasteiger partial charge in [0.25, 0.3) is 0 Å². The lowest BCUT2D eigenvalue weighted by molar-refractivity contribution is 0.313. The van der Waals surface area contributed by atoms with Crippen LogP contribution in [0.3, 0.4) is 0 Å². The van der Waals surface area contributed by atoms with Crippen molar-refractivity contribution in [1.82, 2.24) is 5.32 Å². The SMILES string of the molecule is CCCC(C)(C)NCC(/C(N)=N/O)c1ccccc1. The van der Waals surface area contributed by atoms with E-state index in [1.165, 1.54) is 0 Å². The topological polar surface area (TPSA) is 70.6 Å². The van der Waals surface area contributed by atoms with Crippen LogP contribution in [0.4, 0.5) is 0 Å². The lowest BCUT2D eigenvalue weighted by Crippen LogP contribution is -2.43. The molecule has 0 spiro atoms. The molecular weight excluding hydrogens is 238 g/mol. The minimum Gasteiger partial charge on any atom is -0.409 e. The van der Waals surface area contributed by atoms with Gasteiger partial charge in [0.05, 0.1) is 5.92 Å². The Morgan fingerprint density at radius 2 is 2.00 bits per heavy atom. The highest BCUT2D eigenvalue weighted by atomic mass is 16.4. The fraction of sp³-hybridized carbons (Fsp3) is 0.533. The van der Waals surface area contributed by atoms with Gasteiger partial charge >= 0.3 is 0 Å². The molecule has 19 heavy (non-hydrogen) atoms. The van der Waals surface area contributed by atoms with Crippen molar-refractivity contribution >= 4 is 5.84 Å². The van der Waals surface area contributed by atoms with Gasteiger partial charge in [0, 0.05) is 12.1 Å². The second kappa shape index (κ2) is 7.14. The molecule has 106 valence electrons. The predicted molar refractivity (Wildman–Crippen MR) is 79.6 cm³/mol. The van der Waals surface area contributed by atoms with E-state index in [2.05, 4.69) is 31.2 Å². The van der Waals surface area contributed by atoms with E-state index in [0.717, 1.165) is 18.4 Å². The number of hydrogen-bond acceptors (Lipinski definition) is 3. The lowest BCUT2D eigenvalue weighted by atomic mass is 9.94. The molecule has 1 atom stereocenters. The zero-order valence-electron chi connectivity index (χ0n) is 12.1. The third-order valence-electron chi connectivity index (χ3n) is 3.33. The predicted octanol–water partition coefficient (Wildman–Crippen LogP) is 2.68. The zero-order valence-corrected chi connectivity index (χ0v) is 12.1. The van der Waals surface area contributed by atoms with Crippen LogP contribution in [0.5, 0.6) is 0 Å². The molecule has 0 saturated heterocycles. The van der Waals surface area contributed by atoms with Crippen LogP contribution in [0.1, 0.15) is 45.1 Å². The van der Waals surface area contributed by atoms with Gasteiger partial charge in [-0.2, -0.15) is 0 Å². The molecule has 1 aromatic carbocycles.